The third-order valence-electron chi connectivity index (χ3n) is 4.73. The number of amides is 1. The van der Waals surface area contributed by atoms with Crippen LogP contribution in [-0.4, -0.2) is 24.1 Å². The molecule has 1 aliphatic heterocycles. The summed E-state index contributed by atoms with van der Waals surface area (Å²) >= 11 is 0. The Hall–Kier alpha value is -3.02. The van der Waals surface area contributed by atoms with Gasteiger partial charge in [0.05, 0.1) is 6.04 Å². The van der Waals surface area contributed by atoms with Gasteiger partial charge in [0.15, 0.2) is 11.5 Å². The van der Waals surface area contributed by atoms with Crippen LogP contribution in [-0.2, 0) is 0 Å². The van der Waals surface area contributed by atoms with Crippen LogP contribution in [0.15, 0.2) is 42.5 Å². The van der Waals surface area contributed by atoms with Crippen molar-refractivity contribution in [1.29, 1.82) is 0 Å². The number of nitrogens with one attached hydrogen (secondary N) is 2. The standard InChI is InChI=1S/C21H21FN2O3/c1-12(2)20(13-6-7-18-19(10-13)27-9-8-26-18)24-21(25)17-11-14-15(22)4-3-5-16(14)23-17/h3-7,10-12,20,23H,8-9H2,1-2H3,(H,24,25). The SMILES string of the molecule is CC(C)C(NC(=O)c1cc2c(F)cccc2[nH]1)c1ccc2c(c1)OCCO2. The van der Waals surface area contributed by atoms with Gasteiger partial charge in [0.2, 0.25) is 0 Å². The van der Waals surface area contributed by atoms with Gasteiger partial charge in [-0.05, 0) is 41.8 Å². The number of H-pyrrole nitrogens is 1. The minimum atomic E-state index is -0.352. The zero-order valence-electron chi connectivity index (χ0n) is 15.2. The summed E-state index contributed by atoms with van der Waals surface area (Å²) in [6.45, 7) is 5.11. The Labute approximate surface area is 156 Å². The number of fused-ring (bicyclic) bond motifs is 2. The Morgan fingerprint density at radius 3 is 2.63 bits per heavy atom. The molecule has 1 atom stereocenters. The minimum absolute atomic E-state index is 0.151. The fourth-order valence-corrected chi connectivity index (χ4v) is 3.35. The molecule has 1 aliphatic rings. The summed E-state index contributed by atoms with van der Waals surface area (Å²) in [6, 6.07) is 11.8. The third kappa shape index (κ3) is 3.35. The van der Waals surface area contributed by atoms with Gasteiger partial charge in [0.1, 0.15) is 24.7 Å². The monoisotopic (exact) mass is 368 g/mol. The van der Waals surface area contributed by atoms with E-state index in [1.807, 2.05) is 32.0 Å². The molecule has 2 aromatic carbocycles. The van der Waals surface area contributed by atoms with Crippen molar-refractivity contribution in [1.82, 2.24) is 10.3 Å². The van der Waals surface area contributed by atoms with Crippen molar-refractivity contribution in [3.63, 3.8) is 0 Å². The molecular formula is C21H21FN2O3. The van der Waals surface area contributed by atoms with E-state index >= 15 is 0 Å². The summed E-state index contributed by atoms with van der Waals surface area (Å²) in [5.74, 6) is 0.920. The lowest BCUT2D eigenvalue weighted by Gasteiger charge is -2.25. The van der Waals surface area contributed by atoms with Crippen LogP contribution in [0.25, 0.3) is 10.9 Å². The second-order valence-corrected chi connectivity index (χ2v) is 6.98. The largest absolute Gasteiger partial charge is 0.486 e. The van der Waals surface area contributed by atoms with Gasteiger partial charge in [-0.1, -0.05) is 26.0 Å². The van der Waals surface area contributed by atoms with Crippen molar-refractivity contribution in [3.05, 3.63) is 59.5 Å². The van der Waals surface area contributed by atoms with Gasteiger partial charge in [0.25, 0.3) is 5.91 Å². The molecular weight excluding hydrogens is 347 g/mol. The van der Waals surface area contributed by atoms with Crippen LogP contribution in [0.5, 0.6) is 11.5 Å². The summed E-state index contributed by atoms with van der Waals surface area (Å²) < 4.78 is 25.1. The number of halogens is 1. The number of hydrogen-bond acceptors (Lipinski definition) is 3. The number of aromatic amines is 1. The first-order chi connectivity index (χ1) is 13.0. The van der Waals surface area contributed by atoms with E-state index in [9.17, 15) is 9.18 Å². The molecule has 0 radical (unpaired) electrons. The number of carbonyl (C=O) groups is 1. The maximum atomic E-state index is 13.9. The first-order valence-corrected chi connectivity index (χ1v) is 9.00. The molecule has 0 saturated carbocycles. The fourth-order valence-electron chi connectivity index (χ4n) is 3.35. The predicted molar refractivity (Wildman–Crippen MR) is 101 cm³/mol. The van der Waals surface area contributed by atoms with Crippen molar-refractivity contribution >= 4 is 16.8 Å². The van der Waals surface area contributed by atoms with Crippen LogP contribution >= 0.6 is 0 Å². The van der Waals surface area contributed by atoms with Gasteiger partial charge in [-0.3, -0.25) is 4.79 Å². The summed E-state index contributed by atoms with van der Waals surface area (Å²) in [7, 11) is 0. The fraction of sp³-hybridized carbons (Fsp3) is 0.286. The summed E-state index contributed by atoms with van der Waals surface area (Å²) in [6.07, 6.45) is 0. The molecule has 0 saturated heterocycles. The van der Waals surface area contributed by atoms with Crippen LogP contribution in [0, 0.1) is 11.7 Å². The molecule has 4 rings (SSSR count). The number of ether oxygens (including phenoxy) is 2. The van der Waals surface area contributed by atoms with Crippen molar-refractivity contribution in [3.8, 4) is 11.5 Å². The van der Waals surface area contributed by atoms with Crippen LogP contribution in [0.1, 0.15) is 35.9 Å². The molecule has 3 aromatic rings. The Kier molecular flexibility index (Phi) is 4.48. The molecule has 6 heteroatoms. The summed E-state index contributed by atoms with van der Waals surface area (Å²) in [5.41, 5.74) is 1.86. The van der Waals surface area contributed by atoms with E-state index < -0.39 is 0 Å². The average molecular weight is 368 g/mol. The highest BCUT2D eigenvalue weighted by molar-refractivity contribution is 5.98. The number of rotatable bonds is 4. The van der Waals surface area contributed by atoms with Crippen molar-refractivity contribution in [2.24, 2.45) is 5.92 Å². The van der Waals surface area contributed by atoms with Gasteiger partial charge in [-0.15, -0.1) is 0 Å². The topological polar surface area (TPSA) is 63.4 Å². The quantitative estimate of drug-likeness (QED) is 0.725. The van der Waals surface area contributed by atoms with E-state index in [1.165, 1.54) is 6.07 Å². The van der Waals surface area contributed by atoms with Gasteiger partial charge in [-0.2, -0.15) is 0 Å². The van der Waals surface area contributed by atoms with Crippen LogP contribution < -0.4 is 14.8 Å². The molecule has 0 fully saturated rings. The van der Waals surface area contributed by atoms with Crippen LogP contribution in [0.3, 0.4) is 0 Å². The van der Waals surface area contributed by atoms with E-state index in [2.05, 4.69) is 10.3 Å². The van der Waals surface area contributed by atoms with E-state index in [4.69, 9.17) is 9.47 Å². The Morgan fingerprint density at radius 2 is 1.89 bits per heavy atom. The lowest BCUT2D eigenvalue weighted by molar-refractivity contribution is 0.0921. The summed E-state index contributed by atoms with van der Waals surface area (Å²) in [4.78, 5) is 15.8. The van der Waals surface area contributed by atoms with Crippen LogP contribution in [0.4, 0.5) is 4.39 Å². The van der Waals surface area contributed by atoms with Gasteiger partial charge in [-0.25, -0.2) is 4.39 Å². The Bertz CT molecular complexity index is 996. The van der Waals surface area contributed by atoms with Crippen LogP contribution in [0.2, 0.25) is 0 Å². The molecule has 1 unspecified atom stereocenters. The Balaban J connectivity index is 1.61. The molecule has 140 valence electrons. The number of carbonyl (C=O) groups excluding carboxylic acids is 1. The maximum Gasteiger partial charge on any atom is 0.268 e. The molecule has 2 N–H and O–H groups in total. The van der Waals surface area contributed by atoms with Gasteiger partial charge in [0, 0.05) is 10.9 Å². The van der Waals surface area contributed by atoms with Crippen molar-refractivity contribution < 1.29 is 18.7 Å². The molecule has 2 heterocycles. The molecule has 1 amide bonds. The maximum absolute atomic E-state index is 13.9. The highest BCUT2D eigenvalue weighted by Crippen LogP contribution is 2.34. The third-order valence-corrected chi connectivity index (χ3v) is 4.73. The van der Waals surface area contributed by atoms with E-state index in [0.29, 0.717) is 41.3 Å². The van der Waals surface area contributed by atoms with Crippen molar-refractivity contribution in [2.75, 3.05) is 13.2 Å². The molecule has 1 aromatic heterocycles. The molecule has 27 heavy (non-hydrogen) atoms. The lowest BCUT2D eigenvalue weighted by atomic mass is 9.95. The van der Waals surface area contributed by atoms with Crippen molar-refractivity contribution in [2.45, 2.75) is 19.9 Å². The van der Waals surface area contributed by atoms with E-state index in [-0.39, 0.29) is 23.7 Å². The first kappa shape index (κ1) is 17.4. The molecule has 0 spiro atoms. The van der Waals surface area contributed by atoms with E-state index in [0.717, 1.165) is 5.56 Å². The van der Waals surface area contributed by atoms with Gasteiger partial charge >= 0.3 is 0 Å². The zero-order chi connectivity index (χ0) is 19.0. The minimum Gasteiger partial charge on any atom is -0.486 e. The predicted octanol–water partition coefficient (Wildman–Crippen LogP) is 4.21. The normalized spacial score (nSPS) is 14.4. The average Bonchev–Trinajstić information content (AvgIpc) is 3.11. The number of hydrogen-bond donors (Lipinski definition) is 2. The second kappa shape index (κ2) is 6.95. The summed E-state index contributed by atoms with van der Waals surface area (Å²) in [5, 5.41) is 3.45. The molecule has 0 aliphatic carbocycles. The highest BCUT2D eigenvalue weighted by Gasteiger charge is 2.23. The number of aromatic nitrogens is 1. The van der Waals surface area contributed by atoms with Gasteiger partial charge < -0.3 is 19.8 Å². The number of benzene rings is 2. The Morgan fingerprint density at radius 1 is 1.11 bits per heavy atom. The highest BCUT2D eigenvalue weighted by atomic mass is 19.1. The second-order valence-electron chi connectivity index (χ2n) is 6.98. The smallest absolute Gasteiger partial charge is 0.268 e. The molecule has 0 bridgehead atoms. The zero-order valence-corrected chi connectivity index (χ0v) is 15.2. The lowest BCUT2D eigenvalue weighted by Crippen LogP contribution is -2.32. The first-order valence-electron chi connectivity index (χ1n) is 9.00. The molecule has 5 nitrogen and oxygen atoms in total. The van der Waals surface area contributed by atoms with E-state index in [1.54, 1.807) is 18.2 Å².